The number of carbonyl (C=O) groups is 1. The molecule has 0 spiro atoms. The van der Waals surface area contributed by atoms with Crippen LogP contribution in [-0.4, -0.2) is 47.6 Å². The molecule has 1 N–H and O–H groups in total. The molecule has 3 aliphatic rings. The lowest BCUT2D eigenvalue weighted by Gasteiger charge is -2.43. The summed E-state index contributed by atoms with van der Waals surface area (Å²) in [6.07, 6.45) is 7.93. The van der Waals surface area contributed by atoms with E-state index in [1.165, 1.54) is 30.7 Å². The zero-order valence-electron chi connectivity index (χ0n) is 14.3. The van der Waals surface area contributed by atoms with E-state index in [9.17, 15) is 4.79 Å². The Labute approximate surface area is 147 Å². The Kier molecular flexibility index (Phi) is 4.88. The van der Waals surface area contributed by atoms with Gasteiger partial charge in [0.25, 0.3) is 0 Å². The zero-order chi connectivity index (χ0) is 16.4. The van der Waals surface area contributed by atoms with Crippen LogP contribution in [0.4, 0.5) is 0 Å². The third-order valence-electron chi connectivity index (χ3n) is 5.67. The van der Waals surface area contributed by atoms with Gasteiger partial charge in [-0.2, -0.15) is 0 Å². The minimum atomic E-state index is 0.0646. The molecular weight excluding hydrogens is 322 g/mol. The van der Waals surface area contributed by atoms with Crippen molar-refractivity contribution in [3.05, 3.63) is 16.1 Å². The summed E-state index contributed by atoms with van der Waals surface area (Å²) in [6, 6.07) is 0. The number of morpholine rings is 1. The molecule has 2 aliphatic carbocycles. The molecule has 3 fully saturated rings. The van der Waals surface area contributed by atoms with Crippen molar-refractivity contribution in [1.82, 2.24) is 15.2 Å². The molecule has 0 unspecified atom stereocenters. The zero-order valence-corrected chi connectivity index (χ0v) is 15.1. The van der Waals surface area contributed by atoms with E-state index in [0.717, 1.165) is 44.8 Å². The molecule has 1 saturated heterocycles. The van der Waals surface area contributed by atoms with Gasteiger partial charge in [0.2, 0.25) is 5.91 Å². The fraction of sp³-hybridized carbons (Fsp3) is 0.778. The predicted octanol–water partition coefficient (Wildman–Crippen LogP) is 2.67. The van der Waals surface area contributed by atoms with Crippen molar-refractivity contribution >= 4 is 17.2 Å². The van der Waals surface area contributed by atoms with Crippen LogP contribution in [0, 0.1) is 0 Å². The van der Waals surface area contributed by atoms with Crippen LogP contribution in [0.1, 0.15) is 61.6 Å². The number of aromatic nitrogens is 1. The highest BCUT2D eigenvalue weighted by Crippen LogP contribution is 2.41. The first kappa shape index (κ1) is 16.5. The maximum Gasteiger partial charge on any atom is 0.222 e. The first-order chi connectivity index (χ1) is 11.8. The Morgan fingerprint density at radius 1 is 1.33 bits per heavy atom. The Morgan fingerprint density at radius 3 is 2.79 bits per heavy atom. The number of hydrogen-bond acceptors (Lipinski definition) is 5. The standard InChI is InChI=1S/C18H27N3O2S/c22-16(19-12-15-13-24-17(20-15)14-3-4-14)11-18(5-1-2-6-18)21-7-9-23-10-8-21/h13-14H,1-12H2,(H,19,22). The van der Waals surface area contributed by atoms with E-state index in [2.05, 4.69) is 20.6 Å². The van der Waals surface area contributed by atoms with E-state index in [0.29, 0.717) is 18.9 Å². The van der Waals surface area contributed by atoms with Gasteiger partial charge in [-0.1, -0.05) is 12.8 Å². The summed E-state index contributed by atoms with van der Waals surface area (Å²) in [6.45, 7) is 4.09. The average molecular weight is 350 g/mol. The third-order valence-corrected chi connectivity index (χ3v) is 6.72. The minimum absolute atomic E-state index is 0.0646. The second kappa shape index (κ2) is 7.10. The lowest BCUT2D eigenvalue weighted by molar-refractivity contribution is -0.125. The van der Waals surface area contributed by atoms with Crippen LogP contribution < -0.4 is 5.32 Å². The second-order valence-corrected chi connectivity index (χ2v) is 8.33. The highest BCUT2D eigenvalue weighted by atomic mass is 32.1. The Bertz CT molecular complexity index is 573. The molecule has 6 heteroatoms. The van der Waals surface area contributed by atoms with Gasteiger partial charge in [0, 0.05) is 36.3 Å². The summed E-state index contributed by atoms with van der Waals surface area (Å²) in [5, 5.41) is 6.46. The number of carbonyl (C=O) groups excluding carboxylic acids is 1. The predicted molar refractivity (Wildman–Crippen MR) is 94.1 cm³/mol. The Hall–Kier alpha value is -0.980. The van der Waals surface area contributed by atoms with Crippen LogP contribution in [-0.2, 0) is 16.1 Å². The number of nitrogens with one attached hydrogen (secondary N) is 1. The van der Waals surface area contributed by atoms with Gasteiger partial charge in [0.1, 0.15) is 0 Å². The highest BCUT2D eigenvalue weighted by molar-refractivity contribution is 7.09. The molecule has 1 aromatic rings. The van der Waals surface area contributed by atoms with Gasteiger partial charge in [0.15, 0.2) is 0 Å². The average Bonchev–Trinajstić information content (AvgIpc) is 3.17. The van der Waals surface area contributed by atoms with Crippen molar-refractivity contribution in [2.45, 2.75) is 62.9 Å². The van der Waals surface area contributed by atoms with E-state index >= 15 is 0 Å². The van der Waals surface area contributed by atoms with E-state index in [4.69, 9.17) is 4.74 Å². The summed E-state index contributed by atoms with van der Waals surface area (Å²) in [5.74, 6) is 0.867. The molecule has 24 heavy (non-hydrogen) atoms. The summed E-state index contributed by atoms with van der Waals surface area (Å²) >= 11 is 1.74. The van der Waals surface area contributed by atoms with Crippen LogP contribution in [0.25, 0.3) is 0 Å². The molecule has 132 valence electrons. The smallest absolute Gasteiger partial charge is 0.222 e. The molecule has 0 bridgehead atoms. The first-order valence-corrected chi connectivity index (χ1v) is 10.2. The van der Waals surface area contributed by atoms with Crippen LogP contribution in [0.5, 0.6) is 0 Å². The molecule has 0 radical (unpaired) electrons. The van der Waals surface area contributed by atoms with Gasteiger partial charge >= 0.3 is 0 Å². The Balaban J connectivity index is 1.32. The maximum atomic E-state index is 12.6. The minimum Gasteiger partial charge on any atom is -0.379 e. The number of amides is 1. The van der Waals surface area contributed by atoms with Crippen molar-refractivity contribution in [1.29, 1.82) is 0 Å². The summed E-state index contributed by atoms with van der Waals surface area (Å²) in [7, 11) is 0. The molecule has 0 atom stereocenters. The van der Waals surface area contributed by atoms with Crippen LogP contribution in [0.3, 0.4) is 0 Å². The van der Waals surface area contributed by atoms with Crippen molar-refractivity contribution in [2.24, 2.45) is 0 Å². The van der Waals surface area contributed by atoms with Crippen molar-refractivity contribution in [3.63, 3.8) is 0 Å². The van der Waals surface area contributed by atoms with E-state index in [-0.39, 0.29) is 11.4 Å². The molecule has 1 amide bonds. The number of thiazole rings is 1. The fourth-order valence-corrected chi connectivity index (χ4v) is 5.14. The SMILES string of the molecule is O=C(CC1(N2CCOCC2)CCCC1)NCc1csc(C2CC2)n1. The number of hydrogen-bond donors (Lipinski definition) is 1. The van der Waals surface area contributed by atoms with Crippen LogP contribution in [0.2, 0.25) is 0 Å². The van der Waals surface area contributed by atoms with Crippen molar-refractivity contribution < 1.29 is 9.53 Å². The third kappa shape index (κ3) is 3.65. The summed E-state index contributed by atoms with van der Waals surface area (Å²) in [4.78, 5) is 19.8. The number of ether oxygens (including phenoxy) is 1. The molecular formula is C18H27N3O2S. The van der Waals surface area contributed by atoms with Gasteiger partial charge in [-0.15, -0.1) is 11.3 Å². The van der Waals surface area contributed by atoms with E-state index in [1.807, 2.05) is 0 Å². The molecule has 5 nitrogen and oxygen atoms in total. The second-order valence-electron chi connectivity index (χ2n) is 7.44. The van der Waals surface area contributed by atoms with E-state index < -0.39 is 0 Å². The lowest BCUT2D eigenvalue weighted by Crippen LogP contribution is -2.53. The largest absolute Gasteiger partial charge is 0.379 e. The van der Waals surface area contributed by atoms with Gasteiger partial charge in [0.05, 0.1) is 30.5 Å². The summed E-state index contributed by atoms with van der Waals surface area (Å²) < 4.78 is 5.49. The molecule has 0 aromatic carbocycles. The van der Waals surface area contributed by atoms with Crippen molar-refractivity contribution in [2.75, 3.05) is 26.3 Å². The first-order valence-electron chi connectivity index (χ1n) is 9.29. The van der Waals surface area contributed by atoms with Gasteiger partial charge in [-0.25, -0.2) is 4.98 Å². The fourth-order valence-electron chi connectivity index (χ4n) is 4.15. The topological polar surface area (TPSA) is 54.5 Å². The maximum absolute atomic E-state index is 12.6. The van der Waals surface area contributed by atoms with E-state index in [1.54, 1.807) is 11.3 Å². The van der Waals surface area contributed by atoms with Crippen LogP contribution >= 0.6 is 11.3 Å². The lowest BCUT2D eigenvalue weighted by atomic mass is 9.90. The number of rotatable bonds is 6. The van der Waals surface area contributed by atoms with Crippen molar-refractivity contribution in [3.8, 4) is 0 Å². The molecule has 1 aliphatic heterocycles. The highest BCUT2D eigenvalue weighted by Gasteiger charge is 2.41. The normalized spacial score (nSPS) is 24.2. The molecule has 4 rings (SSSR count). The number of nitrogens with zero attached hydrogens (tertiary/aromatic N) is 2. The summed E-state index contributed by atoms with van der Waals surface area (Å²) in [5.41, 5.74) is 1.08. The van der Waals surface area contributed by atoms with Gasteiger partial charge in [-0.3, -0.25) is 9.69 Å². The monoisotopic (exact) mass is 349 g/mol. The quantitative estimate of drug-likeness (QED) is 0.858. The Morgan fingerprint density at radius 2 is 2.08 bits per heavy atom. The van der Waals surface area contributed by atoms with Crippen LogP contribution in [0.15, 0.2) is 5.38 Å². The van der Waals surface area contributed by atoms with Gasteiger partial charge in [-0.05, 0) is 25.7 Å². The molecule has 2 heterocycles. The molecule has 2 saturated carbocycles. The van der Waals surface area contributed by atoms with Gasteiger partial charge < -0.3 is 10.1 Å². The molecule has 1 aromatic heterocycles.